The molecule has 0 saturated heterocycles. The van der Waals surface area contributed by atoms with Crippen LogP contribution in [0.1, 0.15) is 16.1 Å². The van der Waals surface area contributed by atoms with Crippen molar-refractivity contribution in [1.82, 2.24) is 9.61 Å². The summed E-state index contributed by atoms with van der Waals surface area (Å²) in [5.74, 6) is -0.927. The van der Waals surface area contributed by atoms with Crippen molar-refractivity contribution in [1.29, 1.82) is 0 Å². The summed E-state index contributed by atoms with van der Waals surface area (Å²) >= 11 is 3.31. The lowest BCUT2D eigenvalue weighted by Gasteiger charge is -2.01. The van der Waals surface area contributed by atoms with Crippen LogP contribution < -0.4 is 0 Å². The lowest BCUT2D eigenvalue weighted by molar-refractivity contribution is 0.0696. The number of aromatic carboxylic acids is 1. The molecule has 0 aliphatic carbocycles. The Morgan fingerprint density at radius 2 is 2.29 bits per heavy atom. The third kappa shape index (κ3) is 1.29. The highest BCUT2D eigenvalue weighted by Gasteiger charge is 2.09. The van der Waals surface area contributed by atoms with Gasteiger partial charge in [-0.25, -0.2) is 9.31 Å². The van der Waals surface area contributed by atoms with Gasteiger partial charge in [-0.2, -0.15) is 5.10 Å². The SMILES string of the molecule is Cc1cc(C(=O)O)cc2c(Br)cnn12. The number of hydrogen-bond acceptors (Lipinski definition) is 2. The standard InChI is InChI=1S/C9H7BrN2O2/c1-5-2-6(9(13)14)3-8-7(10)4-11-12(5)8/h2-4H,1H3,(H,13,14). The van der Waals surface area contributed by atoms with Crippen molar-refractivity contribution >= 4 is 27.4 Å². The van der Waals surface area contributed by atoms with Gasteiger partial charge in [0.25, 0.3) is 0 Å². The molecule has 0 atom stereocenters. The van der Waals surface area contributed by atoms with E-state index in [0.717, 1.165) is 15.7 Å². The molecule has 0 aromatic carbocycles. The molecule has 2 aromatic rings. The van der Waals surface area contributed by atoms with Crippen LogP contribution in [-0.4, -0.2) is 20.7 Å². The van der Waals surface area contributed by atoms with Crippen molar-refractivity contribution in [3.05, 3.63) is 34.1 Å². The summed E-state index contributed by atoms with van der Waals surface area (Å²) in [4.78, 5) is 10.8. The highest BCUT2D eigenvalue weighted by molar-refractivity contribution is 9.10. The first-order valence-corrected chi connectivity index (χ1v) is 4.76. The largest absolute Gasteiger partial charge is 0.478 e. The summed E-state index contributed by atoms with van der Waals surface area (Å²) in [7, 11) is 0. The van der Waals surface area contributed by atoms with Gasteiger partial charge in [-0.1, -0.05) is 0 Å². The summed E-state index contributed by atoms with van der Waals surface area (Å²) < 4.78 is 2.49. The Morgan fingerprint density at radius 3 is 2.93 bits per heavy atom. The number of carboxylic acids is 1. The molecule has 14 heavy (non-hydrogen) atoms. The van der Waals surface area contributed by atoms with E-state index in [1.54, 1.807) is 22.8 Å². The van der Waals surface area contributed by atoms with E-state index in [1.807, 2.05) is 6.92 Å². The maximum Gasteiger partial charge on any atom is 0.335 e. The van der Waals surface area contributed by atoms with Gasteiger partial charge in [0.1, 0.15) is 0 Å². The van der Waals surface area contributed by atoms with Gasteiger partial charge in [-0.15, -0.1) is 0 Å². The molecule has 0 bridgehead atoms. The van der Waals surface area contributed by atoms with E-state index in [4.69, 9.17) is 5.11 Å². The molecule has 0 radical (unpaired) electrons. The average molecular weight is 255 g/mol. The van der Waals surface area contributed by atoms with Crippen molar-refractivity contribution < 1.29 is 9.90 Å². The molecule has 0 spiro atoms. The first-order valence-electron chi connectivity index (χ1n) is 3.97. The molecule has 2 rings (SSSR count). The fourth-order valence-corrected chi connectivity index (χ4v) is 1.72. The normalized spacial score (nSPS) is 10.7. The topological polar surface area (TPSA) is 54.6 Å². The third-order valence-electron chi connectivity index (χ3n) is 2.00. The maximum atomic E-state index is 10.8. The predicted molar refractivity (Wildman–Crippen MR) is 54.6 cm³/mol. The number of carboxylic acid groups (broad SMARTS) is 1. The minimum atomic E-state index is -0.927. The quantitative estimate of drug-likeness (QED) is 0.848. The summed E-state index contributed by atoms with van der Waals surface area (Å²) in [6, 6.07) is 3.18. The van der Waals surface area contributed by atoms with Gasteiger partial charge in [-0.3, -0.25) is 0 Å². The number of carbonyl (C=O) groups is 1. The molecule has 1 N–H and O–H groups in total. The molecule has 0 unspecified atom stereocenters. The van der Waals surface area contributed by atoms with E-state index >= 15 is 0 Å². The van der Waals surface area contributed by atoms with E-state index in [2.05, 4.69) is 21.0 Å². The number of halogens is 1. The Bertz CT molecular complexity index is 519. The highest BCUT2D eigenvalue weighted by atomic mass is 79.9. The summed E-state index contributed by atoms with van der Waals surface area (Å²) in [6.07, 6.45) is 1.65. The second kappa shape index (κ2) is 3.09. The van der Waals surface area contributed by atoms with Gasteiger partial charge < -0.3 is 5.11 Å². The Kier molecular flexibility index (Phi) is 2.03. The van der Waals surface area contributed by atoms with Crippen LogP contribution >= 0.6 is 15.9 Å². The van der Waals surface area contributed by atoms with Crippen LogP contribution in [0.2, 0.25) is 0 Å². The number of nitrogens with zero attached hydrogens (tertiary/aromatic N) is 2. The Morgan fingerprint density at radius 1 is 1.57 bits per heavy atom. The van der Waals surface area contributed by atoms with Gasteiger partial charge in [0.2, 0.25) is 0 Å². The molecule has 2 heterocycles. The first kappa shape index (κ1) is 9.21. The zero-order valence-electron chi connectivity index (χ0n) is 7.36. The van der Waals surface area contributed by atoms with Crippen molar-refractivity contribution in [2.24, 2.45) is 0 Å². The van der Waals surface area contributed by atoms with Crippen LogP contribution in [0, 0.1) is 6.92 Å². The molecule has 0 amide bonds. The zero-order chi connectivity index (χ0) is 10.3. The number of hydrogen-bond donors (Lipinski definition) is 1. The van der Waals surface area contributed by atoms with Crippen LogP contribution in [0.25, 0.3) is 5.52 Å². The molecule has 0 aliphatic heterocycles. The van der Waals surface area contributed by atoms with Crippen LogP contribution in [0.3, 0.4) is 0 Å². The number of fused-ring (bicyclic) bond motifs is 1. The van der Waals surface area contributed by atoms with Crippen molar-refractivity contribution in [3.8, 4) is 0 Å². The van der Waals surface area contributed by atoms with E-state index < -0.39 is 5.97 Å². The molecule has 0 saturated carbocycles. The molecule has 4 nitrogen and oxygen atoms in total. The van der Waals surface area contributed by atoms with Crippen molar-refractivity contribution in [3.63, 3.8) is 0 Å². The second-order valence-corrected chi connectivity index (χ2v) is 3.83. The average Bonchev–Trinajstić information content (AvgIpc) is 2.48. The number of pyridine rings is 1. The van der Waals surface area contributed by atoms with Gasteiger partial charge in [0, 0.05) is 5.69 Å². The first-order chi connectivity index (χ1) is 6.59. The van der Waals surface area contributed by atoms with E-state index in [0.29, 0.717) is 0 Å². The highest BCUT2D eigenvalue weighted by Crippen LogP contribution is 2.20. The van der Waals surface area contributed by atoms with Gasteiger partial charge in [0.15, 0.2) is 0 Å². The van der Waals surface area contributed by atoms with Gasteiger partial charge in [-0.05, 0) is 35.0 Å². The lowest BCUT2D eigenvalue weighted by atomic mass is 10.2. The van der Waals surface area contributed by atoms with Crippen LogP contribution in [0.4, 0.5) is 0 Å². The Hall–Kier alpha value is -1.36. The molecular weight excluding hydrogens is 248 g/mol. The van der Waals surface area contributed by atoms with Crippen LogP contribution in [0.5, 0.6) is 0 Å². The zero-order valence-corrected chi connectivity index (χ0v) is 8.95. The van der Waals surface area contributed by atoms with Crippen LogP contribution in [-0.2, 0) is 0 Å². The monoisotopic (exact) mass is 254 g/mol. The summed E-state index contributed by atoms with van der Waals surface area (Å²) in [5, 5.41) is 12.9. The fourth-order valence-electron chi connectivity index (χ4n) is 1.35. The number of aromatic nitrogens is 2. The maximum absolute atomic E-state index is 10.8. The van der Waals surface area contributed by atoms with E-state index in [9.17, 15) is 4.79 Å². The van der Waals surface area contributed by atoms with E-state index in [-0.39, 0.29) is 5.56 Å². The van der Waals surface area contributed by atoms with Crippen molar-refractivity contribution in [2.75, 3.05) is 0 Å². The molecular formula is C9H7BrN2O2. The van der Waals surface area contributed by atoms with Crippen molar-refractivity contribution in [2.45, 2.75) is 6.92 Å². The number of aryl methyl sites for hydroxylation is 1. The molecule has 0 aliphatic rings. The number of rotatable bonds is 1. The minimum Gasteiger partial charge on any atom is -0.478 e. The molecule has 72 valence electrons. The second-order valence-electron chi connectivity index (χ2n) is 2.98. The van der Waals surface area contributed by atoms with E-state index in [1.165, 1.54) is 0 Å². The van der Waals surface area contributed by atoms with Gasteiger partial charge >= 0.3 is 5.97 Å². The summed E-state index contributed by atoms with van der Waals surface area (Å²) in [6.45, 7) is 1.82. The molecule has 5 heteroatoms. The smallest absolute Gasteiger partial charge is 0.335 e. The predicted octanol–water partition coefficient (Wildman–Crippen LogP) is 2.10. The molecule has 2 aromatic heterocycles. The Balaban J connectivity index is 2.82. The fraction of sp³-hybridized carbons (Fsp3) is 0.111. The minimum absolute atomic E-state index is 0.274. The van der Waals surface area contributed by atoms with Crippen LogP contribution in [0.15, 0.2) is 22.8 Å². The summed E-state index contributed by atoms with van der Waals surface area (Å²) in [5.41, 5.74) is 1.84. The van der Waals surface area contributed by atoms with Gasteiger partial charge in [0.05, 0.1) is 21.7 Å². The Labute approximate surface area is 88.3 Å². The lowest BCUT2D eigenvalue weighted by Crippen LogP contribution is -2.01. The third-order valence-corrected chi connectivity index (χ3v) is 2.61. The molecule has 0 fully saturated rings.